The van der Waals surface area contributed by atoms with Crippen LogP contribution in [0.3, 0.4) is 0 Å². The van der Waals surface area contributed by atoms with Gasteiger partial charge in [-0.25, -0.2) is 0 Å². The van der Waals surface area contributed by atoms with Crippen molar-refractivity contribution in [3.63, 3.8) is 0 Å². The Hall–Kier alpha value is -4.56. The van der Waals surface area contributed by atoms with Crippen molar-refractivity contribution in [2.24, 2.45) is 0 Å². The van der Waals surface area contributed by atoms with Gasteiger partial charge in [0.05, 0.1) is 16.7 Å². The zero-order valence-electron chi connectivity index (χ0n) is 22.9. The summed E-state index contributed by atoms with van der Waals surface area (Å²) in [6, 6.07) is 41.8. The summed E-state index contributed by atoms with van der Waals surface area (Å²) in [6.07, 6.45) is 0. The Morgan fingerprint density at radius 3 is 2.10 bits per heavy atom. The molecule has 2 aromatic heterocycles. The number of aromatic amines is 1. The maximum absolute atomic E-state index is 3.85. The van der Waals surface area contributed by atoms with Crippen molar-refractivity contribution in [3.05, 3.63) is 126 Å². The Kier molecular flexibility index (Phi) is 5.28. The molecule has 2 nitrogen and oxygen atoms in total. The van der Waals surface area contributed by atoms with Gasteiger partial charge in [0.2, 0.25) is 0 Å². The third kappa shape index (κ3) is 3.28. The van der Waals surface area contributed by atoms with Gasteiger partial charge in [-0.15, -0.1) is 0 Å². The smallest absolute Gasteiger partial charge is 0.0585 e. The van der Waals surface area contributed by atoms with E-state index in [2.05, 4.69) is 139 Å². The maximum Gasteiger partial charge on any atom is 0.0585 e. The summed E-state index contributed by atoms with van der Waals surface area (Å²) in [6.45, 7) is 8.75. The molecule has 190 valence electrons. The molecule has 1 aliphatic carbocycles. The van der Waals surface area contributed by atoms with E-state index in [4.69, 9.17) is 0 Å². The summed E-state index contributed by atoms with van der Waals surface area (Å²) in [4.78, 5) is 3.85. The van der Waals surface area contributed by atoms with Crippen LogP contribution in [0, 0.1) is 0 Å². The monoisotopic (exact) mass is 504 g/mol. The van der Waals surface area contributed by atoms with Crippen molar-refractivity contribution in [1.29, 1.82) is 0 Å². The Morgan fingerprint density at radius 1 is 0.641 bits per heavy atom. The molecule has 0 unspecified atom stereocenters. The number of hydrogen-bond acceptors (Lipinski definition) is 0. The van der Waals surface area contributed by atoms with Gasteiger partial charge in [0.1, 0.15) is 0 Å². The summed E-state index contributed by atoms with van der Waals surface area (Å²) in [5.41, 5.74) is 12.7. The molecule has 8 rings (SSSR count). The summed E-state index contributed by atoms with van der Waals surface area (Å²) in [7, 11) is 0. The molecule has 0 atom stereocenters. The van der Waals surface area contributed by atoms with Gasteiger partial charge in [0.25, 0.3) is 0 Å². The van der Waals surface area contributed by atoms with Crippen LogP contribution in [0.4, 0.5) is 0 Å². The van der Waals surface area contributed by atoms with Gasteiger partial charge in [-0.05, 0) is 52.6 Å². The minimum absolute atomic E-state index is 0.106. The van der Waals surface area contributed by atoms with E-state index in [0.29, 0.717) is 0 Å². The lowest BCUT2D eigenvalue weighted by Gasteiger charge is -2.21. The first kappa shape index (κ1) is 23.5. The molecule has 0 bridgehead atoms. The van der Waals surface area contributed by atoms with Gasteiger partial charge in [-0.2, -0.15) is 0 Å². The summed E-state index contributed by atoms with van der Waals surface area (Å²) < 4.78 is 2.47. The van der Waals surface area contributed by atoms with Crippen LogP contribution in [-0.2, 0) is 5.41 Å². The second-order valence-electron chi connectivity index (χ2n) is 10.7. The molecule has 0 radical (unpaired) electrons. The predicted octanol–water partition coefficient (Wildman–Crippen LogP) is 10.3. The molecule has 1 aliphatic rings. The van der Waals surface area contributed by atoms with Crippen molar-refractivity contribution >= 4 is 32.7 Å². The van der Waals surface area contributed by atoms with Crippen LogP contribution in [0.1, 0.15) is 38.8 Å². The Labute approximate surface area is 229 Å². The average molecular weight is 505 g/mol. The van der Waals surface area contributed by atoms with Gasteiger partial charge < -0.3 is 9.55 Å². The van der Waals surface area contributed by atoms with Crippen LogP contribution < -0.4 is 0 Å². The number of hydrogen-bond donors (Lipinski definition) is 1. The Balaban J connectivity index is 0.00000124. The Bertz CT molecular complexity index is 1990. The number of aromatic nitrogens is 2. The first-order valence-corrected chi connectivity index (χ1v) is 14.0. The molecule has 0 spiro atoms. The van der Waals surface area contributed by atoms with Gasteiger partial charge in [0, 0.05) is 38.3 Å². The number of rotatable bonds is 2. The normalized spacial score (nSPS) is 13.3. The van der Waals surface area contributed by atoms with Crippen molar-refractivity contribution < 1.29 is 0 Å². The molecule has 0 saturated heterocycles. The van der Waals surface area contributed by atoms with E-state index in [1.54, 1.807) is 0 Å². The van der Waals surface area contributed by atoms with E-state index in [1.165, 1.54) is 71.9 Å². The molecule has 1 N–H and O–H groups in total. The molecule has 0 amide bonds. The summed E-state index contributed by atoms with van der Waals surface area (Å²) in [5, 5.41) is 3.88. The van der Waals surface area contributed by atoms with E-state index in [0.717, 1.165) is 0 Å². The minimum atomic E-state index is -0.106. The molecule has 0 aliphatic heterocycles. The molecule has 39 heavy (non-hydrogen) atoms. The fourth-order valence-electron chi connectivity index (χ4n) is 6.64. The first-order valence-electron chi connectivity index (χ1n) is 14.0. The molecule has 5 aromatic carbocycles. The second-order valence-corrected chi connectivity index (χ2v) is 10.7. The number of H-pyrrole nitrogens is 1. The van der Waals surface area contributed by atoms with E-state index < -0.39 is 0 Å². The van der Waals surface area contributed by atoms with E-state index >= 15 is 0 Å². The summed E-state index contributed by atoms with van der Waals surface area (Å²) in [5.74, 6) is 0. The first-order chi connectivity index (χ1) is 19.1. The SMILES string of the molecule is CC.CC1(C)c2ccccc2-c2c1c1c3[nH]c4ccc(-c5ccccc5)cc4c3ccc1n2-c1ccccc1. The topological polar surface area (TPSA) is 20.7 Å². The van der Waals surface area contributed by atoms with E-state index in [-0.39, 0.29) is 5.41 Å². The highest BCUT2D eigenvalue weighted by Gasteiger charge is 2.41. The molecule has 0 fully saturated rings. The number of para-hydroxylation sites is 1. The van der Waals surface area contributed by atoms with Gasteiger partial charge in [-0.3, -0.25) is 0 Å². The lowest BCUT2D eigenvalue weighted by Crippen LogP contribution is -2.14. The molecule has 0 saturated carbocycles. The van der Waals surface area contributed by atoms with E-state index in [9.17, 15) is 0 Å². The largest absolute Gasteiger partial charge is 0.354 e. The highest BCUT2D eigenvalue weighted by atomic mass is 15.0. The van der Waals surface area contributed by atoms with E-state index in [1.807, 2.05) is 13.8 Å². The zero-order chi connectivity index (χ0) is 26.7. The average Bonchev–Trinajstić information content (AvgIpc) is 3.61. The fraction of sp³-hybridized carbons (Fsp3) is 0.135. The number of fused-ring (bicyclic) bond motifs is 9. The molecule has 7 aromatic rings. The van der Waals surface area contributed by atoms with Gasteiger partial charge in [0.15, 0.2) is 0 Å². The van der Waals surface area contributed by atoms with Crippen LogP contribution in [0.5, 0.6) is 0 Å². The number of benzene rings is 5. The van der Waals surface area contributed by atoms with Gasteiger partial charge in [-0.1, -0.05) is 113 Å². The lowest BCUT2D eigenvalue weighted by atomic mass is 9.81. The zero-order valence-corrected chi connectivity index (χ0v) is 22.9. The van der Waals surface area contributed by atoms with Crippen molar-refractivity contribution in [2.75, 3.05) is 0 Å². The third-order valence-corrected chi connectivity index (χ3v) is 8.31. The van der Waals surface area contributed by atoms with Crippen LogP contribution in [-0.4, -0.2) is 9.55 Å². The van der Waals surface area contributed by atoms with Crippen LogP contribution >= 0.6 is 0 Å². The third-order valence-electron chi connectivity index (χ3n) is 8.31. The highest BCUT2D eigenvalue weighted by molar-refractivity contribution is 6.20. The Morgan fingerprint density at radius 2 is 1.33 bits per heavy atom. The summed E-state index contributed by atoms with van der Waals surface area (Å²) >= 11 is 0. The van der Waals surface area contributed by atoms with Crippen molar-refractivity contribution in [1.82, 2.24) is 9.55 Å². The number of nitrogens with zero attached hydrogens (tertiary/aromatic N) is 1. The van der Waals surface area contributed by atoms with Crippen LogP contribution in [0.25, 0.3) is 60.8 Å². The molecular formula is C37H32N2. The maximum atomic E-state index is 3.85. The molecule has 2 heterocycles. The molecular weight excluding hydrogens is 472 g/mol. The highest BCUT2D eigenvalue weighted by Crippen LogP contribution is 2.55. The number of nitrogens with one attached hydrogen (secondary N) is 1. The van der Waals surface area contributed by atoms with Crippen LogP contribution in [0.15, 0.2) is 115 Å². The minimum Gasteiger partial charge on any atom is -0.354 e. The second kappa shape index (κ2) is 8.74. The fourth-order valence-corrected chi connectivity index (χ4v) is 6.64. The quantitative estimate of drug-likeness (QED) is 0.242. The lowest BCUT2D eigenvalue weighted by molar-refractivity contribution is 0.666. The van der Waals surface area contributed by atoms with Crippen molar-refractivity contribution in [2.45, 2.75) is 33.1 Å². The van der Waals surface area contributed by atoms with Crippen LogP contribution in [0.2, 0.25) is 0 Å². The molecule has 2 heteroatoms. The van der Waals surface area contributed by atoms with Gasteiger partial charge >= 0.3 is 0 Å². The standard InChI is InChI=1S/C35H26N2.C2H6/c1-35(2)28-16-10-9-15-26(28)34-32(35)31-30(37(34)24-13-7-4-8-14-24)20-18-25-27-21-23(22-11-5-3-6-12-22)17-19-29(27)36-33(25)31;1-2/h3-21,36H,1-2H3;1-2H3. The van der Waals surface area contributed by atoms with Crippen molar-refractivity contribution in [3.8, 4) is 28.1 Å². The predicted molar refractivity (Wildman–Crippen MR) is 167 cm³/mol.